The number of benzene rings is 3. The van der Waals surface area contributed by atoms with Crippen molar-refractivity contribution in [2.24, 2.45) is 5.92 Å². The molecule has 0 atom stereocenters. The average Bonchev–Trinajstić information content (AvgIpc) is 3.33. The number of aromatic nitrogens is 1. The van der Waals surface area contributed by atoms with Gasteiger partial charge in [-0.15, -0.1) is 11.3 Å². The Morgan fingerprint density at radius 3 is 2.39 bits per heavy atom. The molecule has 2 amide bonds. The molecule has 0 unspecified atom stereocenters. The summed E-state index contributed by atoms with van der Waals surface area (Å²) in [4.78, 5) is 29.2. The van der Waals surface area contributed by atoms with Crippen molar-refractivity contribution < 1.29 is 23.5 Å². The van der Waals surface area contributed by atoms with E-state index in [2.05, 4.69) is 15.6 Å². The van der Waals surface area contributed by atoms with Gasteiger partial charge in [0.05, 0.1) is 16.8 Å². The van der Waals surface area contributed by atoms with Crippen LogP contribution in [0.3, 0.4) is 0 Å². The second-order valence-corrected chi connectivity index (χ2v) is 9.51. The van der Waals surface area contributed by atoms with Crippen molar-refractivity contribution in [1.82, 2.24) is 4.98 Å². The van der Waals surface area contributed by atoms with Crippen LogP contribution in [0.15, 0.2) is 66.7 Å². The number of nitrogens with zero attached hydrogens (tertiary/aromatic N) is 1. The number of amides is 2. The van der Waals surface area contributed by atoms with E-state index in [9.17, 15) is 14.0 Å². The Hall–Kier alpha value is -3.82. The Balaban J connectivity index is 1.16. The van der Waals surface area contributed by atoms with E-state index >= 15 is 0 Å². The van der Waals surface area contributed by atoms with Crippen LogP contribution in [-0.2, 0) is 14.3 Å². The van der Waals surface area contributed by atoms with Gasteiger partial charge < -0.3 is 20.1 Å². The first-order valence-corrected chi connectivity index (χ1v) is 12.5. The Morgan fingerprint density at radius 1 is 0.972 bits per heavy atom. The quantitative estimate of drug-likeness (QED) is 0.339. The smallest absolute Gasteiger partial charge is 0.314 e. The third-order valence-electron chi connectivity index (χ3n) is 5.90. The zero-order valence-electron chi connectivity index (χ0n) is 19.3. The lowest BCUT2D eigenvalue weighted by Gasteiger charge is -2.22. The number of hydrogen-bond acceptors (Lipinski definition) is 6. The molecule has 0 saturated carbocycles. The Morgan fingerprint density at radius 2 is 1.67 bits per heavy atom. The Kier molecular flexibility index (Phi) is 7.20. The number of thiazole rings is 1. The molecule has 7 nitrogen and oxygen atoms in total. The number of halogens is 1. The first-order chi connectivity index (χ1) is 17.5. The highest BCUT2D eigenvalue weighted by Gasteiger charge is 2.17. The van der Waals surface area contributed by atoms with Gasteiger partial charge in [0.1, 0.15) is 16.6 Å². The van der Waals surface area contributed by atoms with Crippen molar-refractivity contribution >= 4 is 44.7 Å². The molecule has 184 valence electrons. The predicted octanol–water partition coefficient (Wildman–Crippen LogP) is 5.49. The van der Waals surface area contributed by atoms with Gasteiger partial charge >= 0.3 is 11.8 Å². The monoisotopic (exact) mass is 505 g/mol. The molecule has 3 aromatic carbocycles. The number of carbonyl (C=O) groups excluding carboxylic acids is 2. The maximum atomic E-state index is 14.8. The third kappa shape index (κ3) is 5.69. The first kappa shape index (κ1) is 23.9. The van der Waals surface area contributed by atoms with Crippen LogP contribution in [0.25, 0.3) is 20.8 Å². The fourth-order valence-corrected chi connectivity index (χ4v) is 4.88. The number of ether oxygens (including phenoxy) is 2. The molecule has 1 aliphatic heterocycles. The van der Waals surface area contributed by atoms with Gasteiger partial charge in [-0.25, -0.2) is 9.37 Å². The van der Waals surface area contributed by atoms with Gasteiger partial charge in [-0.2, -0.15) is 0 Å². The SMILES string of the molecule is O=C(Nc1ccc(OCC2CCOCC2)cc1)C(=O)Nc1ccc(-c2nc3ccccc3s2)c(F)c1. The average molecular weight is 506 g/mol. The Bertz CT molecular complexity index is 1350. The van der Waals surface area contributed by atoms with Crippen LogP contribution in [-0.4, -0.2) is 36.6 Å². The van der Waals surface area contributed by atoms with Crippen molar-refractivity contribution in [3.63, 3.8) is 0 Å². The largest absolute Gasteiger partial charge is 0.493 e. The van der Waals surface area contributed by atoms with E-state index in [0.717, 1.165) is 36.3 Å². The molecule has 4 aromatic rings. The van der Waals surface area contributed by atoms with Gasteiger partial charge in [0.25, 0.3) is 0 Å². The molecule has 1 saturated heterocycles. The van der Waals surface area contributed by atoms with Crippen LogP contribution in [0.5, 0.6) is 5.75 Å². The molecular formula is C27H24FN3O4S. The zero-order valence-corrected chi connectivity index (χ0v) is 20.1. The van der Waals surface area contributed by atoms with Crippen molar-refractivity contribution in [3.8, 4) is 16.3 Å². The minimum atomic E-state index is -0.901. The highest BCUT2D eigenvalue weighted by molar-refractivity contribution is 7.21. The molecule has 1 fully saturated rings. The van der Waals surface area contributed by atoms with Crippen molar-refractivity contribution in [1.29, 1.82) is 0 Å². The maximum absolute atomic E-state index is 14.8. The minimum absolute atomic E-state index is 0.175. The lowest BCUT2D eigenvalue weighted by molar-refractivity contribution is -0.133. The molecule has 0 radical (unpaired) electrons. The second kappa shape index (κ2) is 10.8. The number of carbonyl (C=O) groups is 2. The van der Waals surface area contributed by atoms with Crippen LogP contribution in [0, 0.1) is 11.7 Å². The standard InChI is InChI=1S/C27H24FN3O4S/c28-22-15-19(7-10-21(22)27-31-23-3-1-2-4-24(23)36-27)30-26(33)25(32)29-18-5-8-20(9-6-18)35-16-17-11-13-34-14-12-17/h1-10,15,17H,11-14,16H2,(H,29,32)(H,30,33). The second-order valence-electron chi connectivity index (χ2n) is 8.48. The summed E-state index contributed by atoms with van der Waals surface area (Å²) in [5.74, 6) is -1.14. The van der Waals surface area contributed by atoms with Crippen LogP contribution in [0.4, 0.5) is 15.8 Å². The molecule has 0 aliphatic carbocycles. The Labute approximate surface area is 211 Å². The summed E-state index contributed by atoms with van der Waals surface area (Å²) in [5.41, 5.74) is 1.75. The van der Waals surface area contributed by atoms with Crippen molar-refractivity contribution in [2.45, 2.75) is 12.8 Å². The molecule has 1 aromatic heterocycles. The summed E-state index contributed by atoms with van der Waals surface area (Å²) >= 11 is 1.38. The fourth-order valence-electron chi connectivity index (χ4n) is 3.89. The first-order valence-electron chi connectivity index (χ1n) is 11.6. The number of nitrogens with one attached hydrogen (secondary N) is 2. The summed E-state index contributed by atoms with van der Waals surface area (Å²) in [6, 6.07) is 18.6. The number of rotatable bonds is 6. The topological polar surface area (TPSA) is 89.5 Å². The van der Waals surface area contributed by atoms with E-state index in [-0.39, 0.29) is 5.69 Å². The summed E-state index contributed by atoms with van der Waals surface area (Å²) in [6.45, 7) is 2.15. The van der Waals surface area contributed by atoms with Crippen molar-refractivity contribution in [3.05, 3.63) is 72.5 Å². The summed E-state index contributed by atoms with van der Waals surface area (Å²) in [6.07, 6.45) is 1.97. The van der Waals surface area contributed by atoms with Crippen LogP contribution >= 0.6 is 11.3 Å². The molecule has 5 rings (SSSR count). The molecule has 0 spiro atoms. The van der Waals surface area contributed by atoms with Crippen LogP contribution in [0.2, 0.25) is 0 Å². The van der Waals surface area contributed by atoms with Crippen molar-refractivity contribution in [2.75, 3.05) is 30.5 Å². The highest BCUT2D eigenvalue weighted by atomic mass is 32.1. The lowest BCUT2D eigenvalue weighted by atomic mass is 10.0. The molecule has 2 heterocycles. The van der Waals surface area contributed by atoms with Gasteiger partial charge in [-0.3, -0.25) is 9.59 Å². The van der Waals surface area contributed by atoms with Gasteiger partial charge in [-0.1, -0.05) is 12.1 Å². The maximum Gasteiger partial charge on any atom is 0.314 e. The summed E-state index contributed by atoms with van der Waals surface area (Å²) in [5, 5.41) is 5.52. The summed E-state index contributed by atoms with van der Waals surface area (Å²) in [7, 11) is 0. The van der Waals surface area contributed by atoms with Crippen LogP contribution < -0.4 is 15.4 Å². The van der Waals surface area contributed by atoms with E-state index in [1.165, 1.54) is 17.4 Å². The highest BCUT2D eigenvalue weighted by Crippen LogP contribution is 2.32. The number of fused-ring (bicyclic) bond motifs is 1. The predicted molar refractivity (Wildman–Crippen MR) is 138 cm³/mol. The van der Waals surface area contributed by atoms with Gasteiger partial charge in [-0.05, 0) is 73.4 Å². The van der Waals surface area contributed by atoms with Gasteiger partial charge in [0.15, 0.2) is 0 Å². The number of hydrogen-bond donors (Lipinski definition) is 2. The molecule has 2 N–H and O–H groups in total. The van der Waals surface area contributed by atoms with E-state index < -0.39 is 17.6 Å². The number of para-hydroxylation sites is 1. The minimum Gasteiger partial charge on any atom is -0.493 e. The van der Waals surface area contributed by atoms with Gasteiger partial charge in [0.2, 0.25) is 0 Å². The summed E-state index contributed by atoms with van der Waals surface area (Å²) < 4.78 is 26.9. The molecule has 1 aliphatic rings. The normalized spacial score (nSPS) is 13.9. The van der Waals surface area contributed by atoms with E-state index in [0.29, 0.717) is 34.5 Å². The zero-order chi connectivity index (χ0) is 24.9. The third-order valence-corrected chi connectivity index (χ3v) is 6.97. The van der Waals surface area contributed by atoms with Crippen LogP contribution in [0.1, 0.15) is 12.8 Å². The van der Waals surface area contributed by atoms with Gasteiger partial charge in [0, 0.05) is 30.2 Å². The lowest BCUT2D eigenvalue weighted by Crippen LogP contribution is -2.29. The van der Waals surface area contributed by atoms with E-state index in [1.807, 2.05) is 24.3 Å². The molecule has 0 bridgehead atoms. The molecule has 36 heavy (non-hydrogen) atoms. The molecular weight excluding hydrogens is 481 g/mol. The fraction of sp³-hybridized carbons (Fsp3) is 0.222. The molecule has 9 heteroatoms. The number of anilines is 2. The van der Waals surface area contributed by atoms with E-state index in [4.69, 9.17) is 9.47 Å². The van der Waals surface area contributed by atoms with E-state index in [1.54, 1.807) is 36.4 Å².